The van der Waals surface area contributed by atoms with Crippen LogP contribution in [0, 0.1) is 11.8 Å². The molecule has 29 heavy (non-hydrogen) atoms. The van der Waals surface area contributed by atoms with E-state index in [0.29, 0.717) is 30.5 Å². The number of piperidine rings is 2. The molecule has 5 rings (SSSR count). The minimum Gasteiger partial charge on any atom is -0.309 e. The average Bonchev–Trinajstić information content (AvgIpc) is 2.73. The lowest BCUT2D eigenvalue weighted by Gasteiger charge is -2.56. The van der Waals surface area contributed by atoms with E-state index in [4.69, 9.17) is 0 Å². The molecule has 0 N–H and O–H groups in total. The Morgan fingerprint density at radius 3 is 2.10 bits per heavy atom. The summed E-state index contributed by atoms with van der Waals surface area (Å²) in [5.41, 5.74) is 1.10. The van der Waals surface area contributed by atoms with Crippen molar-refractivity contribution in [1.29, 1.82) is 0 Å². The second kappa shape index (κ2) is 8.41. The maximum Gasteiger partial charge on any atom is 0.226 e. The van der Waals surface area contributed by atoms with Crippen LogP contribution >= 0.6 is 0 Å². The zero-order valence-corrected chi connectivity index (χ0v) is 18.1. The quantitative estimate of drug-likeness (QED) is 0.646. The highest BCUT2D eigenvalue weighted by Crippen LogP contribution is 2.46. The van der Waals surface area contributed by atoms with Gasteiger partial charge in [0.15, 0.2) is 0 Å². The monoisotopic (exact) mass is 394 g/mol. The first-order valence-corrected chi connectivity index (χ1v) is 12.4. The topological polar surface area (TPSA) is 23.6 Å². The van der Waals surface area contributed by atoms with Crippen LogP contribution in [0.1, 0.15) is 84.0 Å². The molecule has 4 bridgehead atoms. The Labute approximate surface area is 176 Å². The van der Waals surface area contributed by atoms with Gasteiger partial charge >= 0.3 is 0 Å². The van der Waals surface area contributed by atoms with E-state index < -0.39 is 0 Å². The van der Waals surface area contributed by atoms with Crippen molar-refractivity contribution in [2.24, 2.45) is 11.8 Å². The van der Waals surface area contributed by atoms with Crippen LogP contribution < -0.4 is 4.90 Å². The van der Waals surface area contributed by atoms with Crippen molar-refractivity contribution in [3.8, 4) is 0 Å². The third-order valence-electron chi connectivity index (χ3n) is 8.50. The fourth-order valence-electron chi connectivity index (χ4n) is 7.45. The first-order valence-electron chi connectivity index (χ1n) is 12.4. The summed E-state index contributed by atoms with van der Waals surface area (Å²) in [6.45, 7) is 2.01. The molecular weight excluding hydrogens is 356 g/mol. The lowest BCUT2D eigenvalue weighted by atomic mass is 9.68. The van der Waals surface area contributed by atoms with Crippen molar-refractivity contribution < 1.29 is 4.79 Å². The van der Waals surface area contributed by atoms with Gasteiger partial charge in [0.05, 0.1) is 0 Å². The SMILES string of the molecule is CCC(=O)N(c1ccccc1)[C@H]1C[C@H]2CCC[C@@H](C1)N2[C@H]1C[C@@H]2CCC[C@@H](C2)C1. The van der Waals surface area contributed by atoms with Gasteiger partial charge in [-0.05, 0) is 68.9 Å². The molecule has 2 saturated heterocycles. The summed E-state index contributed by atoms with van der Waals surface area (Å²) in [5, 5.41) is 0. The summed E-state index contributed by atoms with van der Waals surface area (Å²) in [7, 11) is 0. The van der Waals surface area contributed by atoms with Gasteiger partial charge in [-0.2, -0.15) is 0 Å². The summed E-state index contributed by atoms with van der Waals surface area (Å²) in [4.78, 5) is 18.1. The van der Waals surface area contributed by atoms with Crippen LogP contribution in [0.15, 0.2) is 30.3 Å². The van der Waals surface area contributed by atoms with Crippen molar-refractivity contribution >= 4 is 11.6 Å². The number of fused-ring (bicyclic) bond motifs is 4. The second-order valence-electron chi connectivity index (χ2n) is 10.3. The first kappa shape index (κ1) is 19.6. The molecule has 4 aliphatic rings. The molecule has 158 valence electrons. The number of carbonyl (C=O) groups excluding carboxylic acids is 1. The van der Waals surface area contributed by atoms with Crippen LogP contribution in [0.3, 0.4) is 0 Å². The van der Waals surface area contributed by atoms with Crippen molar-refractivity contribution in [3.63, 3.8) is 0 Å². The smallest absolute Gasteiger partial charge is 0.226 e. The van der Waals surface area contributed by atoms with Crippen molar-refractivity contribution in [2.75, 3.05) is 4.90 Å². The van der Waals surface area contributed by atoms with E-state index in [0.717, 1.165) is 23.6 Å². The van der Waals surface area contributed by atoms with Crippen LogP contribution in [0.5, 0.6) is 0 Å². The fourth-order valence-corrected chi connectivity index (χ4v) is 7.45. The molecule has 2 heterocycles. The van der Waals surface area contributed by atoms with E-state index >= 15 is 0 Å². The summed E-state index contributed by atoms with van der Waals surface area (Å²) < 4.78 is 0. The van der Waals surface area contributed by atoms with Crippen LogP contribution in [0.2, 0.25) is 0 Å². The van der Waals surface area contributed by atoms with Crippen LogP contribution in [-0.4, -0.2) is 35.0 Å². The lowest BCUT2D eigenvalue weighted by molar-refractivity contribution is -0.119. The molecule has 2 saturated carbocycles. The van der Waals surface area contributed by atoms with Gasteiger partial charge in [-0.1, -0.05) is 50.8 Å². The van der Waals surface area contributed by atoms with Gasteiger partial charge in [0.25, 0.3) is 0 Å². The van der Waals surface area contributed by atoms with E-state index in [-0.39, 0.29) is 0 Å². The number of para-hydroxylation sites is 1. The molecule has 4 fully saturated rings. The number of nitrogens with zero attached hydrogens (tertiary/aromatic N) is 2. The van der Waals surface area contributed by atoms with Crippen molar-refractivity contribution in [3.05, 3.63) is 30.3 Å². The lowest BCUT2D eigenvalue weighted by Crippen LogP contribution is -2.62. The van der Waals surface area contributed by atoms with E-state index in [2.05, 4.69) is 40.1 Å². The highest BCUT2D eigenvalue weighted by atomic mass is 16.2. The molecule has 2 aliphatic heterocycles. The molecule has 0 unspecified atom stereocenters. The van der Waals surface area contributed by atoms with Crippen molar-refractivity contribution in [2.45, 2.75) is 108 Å². The Kier molecular flexibility index (Phi) is 5.69. The Morgan fingerprint density at radius 1 is 0.862 bits per heavy atom. The molecule has 0 spiro atoms. The molecule has 2 aliphatic carbocycles. The van der Waals surface area contributed by atoms with Gasteiger partial charge in [0, 0.05) is 36.3 Å². The van der Waals surface area contributed by atoms with E-state index in [1.54, 1.807) is 0 Å². The summed E-state index contributed by atoms with van der Waals surface area (Å²) in [5.74, 6) is 2.28. The van der Waals surface area contributed by atoms with Gasteiger partial charge in [-0.25, -0.2) is 0 Å². The third-order valence-corrected chi connectivity index (χ3v) is 8.50. The highest BCUT2D eigenvalue weighted by Gasteiger charge is 2.46. The Bertz CT molecular complexity index is 678. The molecule has 6 atom stereocenters. The van der Waals surface area contributed by atoms with E-state index in [9.17, 15) is 4.79 Å². The summed E-state index contributed by atoms with van der Waals surface area (Å²) in [6, 6.07) is 13.0. The number of hydrogen-bond donors (Lipinski definition) is 0. The Morgan fingerprint density at radius 2 is 1.48 bits per heavy atom. The molecule has 0 radical (unpaired) electrons. The Balaban J connectivity index is 1.36. The van der Waals surface area contributed by atoms with Crippen LogP contribution in [0.25, 0.3) is 0 Å². The summed E-state index contributed by atoms with van der Waals surface area (Å²) >= 11 is 0. The third kappa shape index (κ3) is 3.87. The number of benzene rings is 1. The van der Waals surface area contributed by atoms with Crippen LogP contribution in [0.4, 0.5) is 5.69 Å². The van der Waals surface area contributed by atoms with Crippen molar-refractivity contribution in [1.82, 2.24) is 4.90 Å². The highest BCUT2D eigenvalue weighted by molar-refractivity contribution is 5.93. The van der Waals surface area contributed by atoms with E-state index in [1.165, 1.54) is 70.6 Å². The van der Waals surface area contributed by atoms with E-state index in [1.807, 2.05) is 6.92 Å². The molecular formula is C26H38N2O. The zero-order valence-electron chi connectivity index (χ0n) is 18.1. The molecule has 0 aromatic heterocycles. The molecule has 3 heteroatoms. The number of carbonyl (C=O) groups is 1. The van der Waals surface area contributed by atoms with Gasteiger partial charge in [0.1, 0.15) is 0 Å². The standard InChI is InChI=1S/C26H38N2O/c1-2-26(29)28(21-10-4-3-5-11-21)25-17-22-12-7-13-23(18-25)27(22)24-15-19-8-6-9-20(14-19)16-24/h3-5,10-11,19-20,22-25H,2,6-9,12-18H2,1H3/t19-,20+,22-,23+,24+,25+. The minimum absolute atomic E-state index is 0.292. The Hall–Kier alpha value is -1.35. The molecule has 3 nitrogen and oxygen atoms in total. The van der Waals surface area contributed by atoms with Gasteiger partial charge in [0.2, 0.25) is 5.91 Å². The maximum absolute atomic E-state index is 13.0. The number of rotatable bonds is 4. The van der Waals surface area contributed by atoms with Crippen LogP contribution in [-0.2, 0) is 4.79 Å². The predicted octanol–water partition coefficient (Wildman–Crippen LogP) is 5.78. The average molecular weight is 395 g/mol. The van der Waals surface area contributed by atoms with Gasteiger partial charge < -0.3 is 4.90 Å². The summed E-state index contributed by atoms with van der Waals surface area (Å²) in [6.07, 6.45) is 15.8. The normalized spacial score (nSPS) is 37.1. The number of amides is 1. The largest absolute Gasteiger partial charge is 0.309 e. The molecule has 1 aromatic carbocycles. The minimum atomic E-state index is 0.292. The molecule has 1 aromatic rings. The van der Waals surface area contributed by atoms with Gasteiger partial charge in [-0.15, -0.1) is 0 Å². The fraction of sp³-hybridized carbons (Fsp3) is 0.731. The number of hydrogen-bond acceptors (Lipinski definition) is 2. The van der Waals surface area contributed by atoms with Gasteiger partial charge in [-0.3, -0.25) is 9.69 Å². The maximum atomic E-state index is 13.0. The first-order chi connectivity index (χ1) is 14.2. The zero-order chi connectivity index (χ0) is 19.8. The predicted molar refractivity (Wildman–Crippen MR) is 119 cm³/mol. The number of anilines is 1. The molecule has 1 amide bonds. The second-order valence-corrected chi connectivity index (χ2v) is 10.3.